The molecule has 2 aromatic carbocycles. The van der Waals surface area contributed by atoms with Crippen molar-refractivity contribution >= 4 is 29.2 Å². The van der Waals surface area contributed by atoms with E-state index in [4.69, 9.17) is 15.2 Å². The number of alkyl halides is 1. The zero-order valence-corrected chi connectivity index (χ0v) is 22.9. The number of allylic oxidation sites excluding steroid dienone is 2. The lowest BCUT2D eigenvalue weighted by Gasteiger charge is -2.11. The molecule has 0 spiro atoms. The van der Waals surface area contributed by atoms with Gasteiger partial charge in [-0.3, -0.25) is 14.8 Å². The highest BCUT2D eigenvalue weighted by molar-refractivity contribution is 6.03. The molecule has 3 N–H and O–H groups in total. The Kier molecular flexibility index (Phi) is 14.0. The normalized spacial score (nSPS) is 13.5. The molecule has 2 rings (SSSR count). The van der Waals surface area contributed by atoms with Crippen LogP contribution < -0.4 is 5.32 Å². The molecule has 0 radical (unpaired) electrons. The molecule has 0 aliphatic rings. The van der Waals surface area contributed by atoms with E-state index in [2.05, 4.69) is 10.3 Å². The lowest BCUT2D eigenvalue weighted by molar-refractivity contribution is -0.0548. The fourth-order valence-electron chi connectivity index (χ4n) is 3.94. The fourth-order valence-corrected chi connectivity index (χ4v) is 3.94. The molecule has 6 nitrogen and oxygen atoms in total. The number of carbonyl (C=O) groups is 1. The van der Waals surface area contributed by atoms with Crippen molar-refractivity contribution in [1.82, 2.24) is 5.32 Å². The third-order valence-corrected chi connectivity index (χ3v) is 5.98. The Balaban J connectivity index is 2.33. The molecule has 0 saturated carbocycles. The first-order valence-electron chi connectivity index (χ1n) is 13.3. The third kappa shape index (κ3) is 11.4. The molecular weight excluding hydrogens is 500 g/mol. The number of benzene rings is 2. The smallest absolute Gasteiger partial charge is 0.251 e. The first-order valence-corrected chi connectivity index (χ1v) is 13.3. The van der Waals surface area contributed by atoms with Crippen molar-refractivity contribution in [2.24, 2.45) is 15.9 Å². The Hall–Kier alpha value is -3.49. The van der Waals surface area contributed by atoms with Crippen LogP contribution in [0.25, 0.3) is 0 Å². The van der Waals surface area contributed by atoms with E-state index < -0.39 is 13.0 Å². The molecule has 39 heavy (non-hydrogen) atoms. The number of nitrogens with one attached hydrogen (secondary N) is 1. The monoisotopic (exact) mass is 539 g/mol. The second-order valence-corrected chi connectivity index (χ2v) is 9.26. The van der Waals surface area contributed by atoms with Crippen LogP contribution in [0.4, 0.5) is 20.2 Å². The Morgan fingerprint density at radius 3 is 2.44 bits per heavy atom. The topological polar surface area (TPSA) is 94.3 Å². The number of aliphatic hydroxyl groups is 2. The highest BCUT2D eigenvalue weighted by Crippen LogP contribution is 2.30. The van der Waals surface area contributed by atoms with E-state index in [0.29, 0.717) is 36.2 Å². The summed E-state index contributed by atoms with van der Waals surface area (Å²) >= 11 is 0. The van der Waals surface area contributed by atoms with Crippen LogP contribution in [0.5, 0.6) is 0 Å². The molecule has 210 valence electrons. The standard InChI is InChI=1S/C31H39F2N3O3/c1-4-8-23(10-6-17-32)21-35-31(39)25-13-16-28(36-27(5-2)24-11-14-26(33)15-12-24)29(20-25)34-18-7-9-22(3)19-30(37)38/h6,8,10-16,18,20,22,30,37-38H,4-5,7,9,17,19,21H2,1-3H3,(H,35,39)/b10-6-,23-8+,34-18?,36-27?. The molecule has 0 heterocycles. The minimum atomic E-state index is -1.34. The van der Waals surface area contributed by atoms with Gasteiger partial charge in [0, 0.05) is 30.5 Å². The van der Waals surface area contributed by atoms with Gasteiger partial charge in [-0.2, -0.15) is 0 Å². The molecule has 0 saturated heterocycles. The number of halogens is 2. The summed E-state index contributed by atoms with van der Waals surface area (Å²) in [6, 6.07) is 11.2. The van der Waals surface area contributed by atoms with Crippen molar-refractivity contribution in [1.29, 1.82) is 0 Å². The second-order valence-electron chi connectivity index (χ2n) is 9.26. The van der Waals surface area contributed by atoms with Gasteiger partial charge in [0.1, 0.15) is 12.5 Å². The van der Waals surface area contributed by atoms with Crippen molar-refractivity contribution in [3.8, 4) is 0 Å². The molecule has 1 unspecified atom stereocenters. The molecule has 1 amide bonds. The minimum Gasteiger partial charge on any atom is -0.368 e. The summed E-state index contributed by atoms with van der Waals surface area (Å²) in [4.78, 5) is 22.3. The van der Waals surface area contributed by atoms with Crippen LogP contribution in [-0.4, -0.2) is 47.6 Å². The summed E-state index contributed by atoms with van der Waals surface area (Å²) in [5.74, 6) is -0.514. The van der Waals surface area contributed by atoms with E-state index in [-0.39, 0.29) is 30.6 Å². The fraction of sp³-hybridized carbons (Fsp3) is 0.387. The van der Waals surface area contributed by atoms with E-state index in [9.17, 15) is 13.6 Å². The van der Waals surface area contributed by atoms with Gasteiger partial charge >= 0.3 is 0 Å². The van der Waals surface area contributed by atoms with Crippen molar-refractivity contribution in [3.05, 3.63) is 83.2 Å². The summed E-state index contributed by atoms with van der Waals surface area (Å²) in [6.07, 6.45) is 8.37. The minimum absolute atomic E-state index is 0.105. The van der Waals surface area contributed by atoms with Gasteiger partial charge in [0.15, 0.2) is 6.29 Å². The lowest BCUT2D eigenvalue weighted by atomic mass is 10.0. The van der Waals surface area contributed by atoms with Gasteiger partial charge in [-0.25, -0.2) is 8.78 Å². The van der Waals surface area contributed by atoms with Gasteiger partial charge < -0.3 is 15.5 Å². The van der Waals surface area contributed by atoms with Crippen LogP contribution in [0, 0.1) is 11.7 Å². The highest BCUT2D eigenvalue weighted by atomic mass is 19.1. The lowest BCUT2D eigenvalue weighted by Crippen LogP contribution is -2.25. The number of carbonyl (C=O) groups excluding carboxylic acids is 1. The Morgan fingerprint density at radius 2 is 1.79 bits per heavy atom. The molecule has 1 atom stereocenters. The van der Waals surface area contributed by atoms with Crippen LogP contribution in [0.15, 0.2) is 76.3 Å². The molecular formula is C31H39F2N3O3. The molecule has 0 aromatic heterocycles. The number of amides is 1. The Bertz CT molecular complexity index is 1170. The van der Waals surface area contributed by atoms with Crippen LogP contribution in [0.2, 0.25) is 0 Å². The zero-order valence-electron chi connectivity index (χ0n) is 22.9. The number of hydrogen-bond acceptors (Lipinski definition) is 5. The summed E-state index contributed by atoms with van der Waals surface area (Å²) in [5, 5.41) is 21.2. The number of hydrogen-bond donors (Lipinski definition) is 3. The maximum atomic E-state index is 13.4. The molecule has 0 bridgehead atoms. The molecule has 0 fully saturated rings. The molecule has 0 aliphatic carbocycles. The largest absolute Gasteiger partial charge is 0.368 e. The SMILES string of the molecule is CC/C=C(\C=C/CF)CNC(=O)c1ccc(N=C(CC)c2ccc(F)cc2)c(N=CCCC(C)CC(O)O)c1. The number of aliphatic hydroxyl groups excluding tert-OH is 1. The quantitative estimate of drug-likeness (QED) is 0.132. The van der Waals surface area contributed by atoms with E-state index in [0.717, 1.165) is 23.3 Å². The maximum Gasteiger partial charge on any atom is 0.251 e. The van der Waals surface area contributed by atoms with Gasteiger partial charge in [-0.05, 0) is 73.1 Å². The van der Waals surface area contributed by atoms with E-state index in [1.165, 1.54) is 18.2 Å². The molecule has 2 aromatic rings. The average Bonchev–Trinajstić information content (AvgIpc) is 2.91. The Labute approximate surface area is 229 Å². The van der Waals surface area contributed by atoms with Gasteiger partial charge in [-0.1, -0.05) is 51.1 Å². The number of aliphatic imine (C=N–C) groups is 2. The van der Waals surface area contributed by atoms with Gasteiger partial charge in [0.25, 0.3) is 5.91 Å². The highest BCUT2D eigenvalue weighted by Gasteiger charge is 2.12. The predicted molar refractivity (Wildman–Crippen MR) is 155 cm³/mol. The van der Waals surface area contributed by atoms with Gasteiger partial charge in [-0.15, -0.1) is 0 Å². The van der Waals surface area contributed by atoms with Crippen molar-refractivity contribution in [2.75, 3.05) is 13.2 Å². The predicted octanol–water partition coefficient (Wildman–Crippen LogP) is 6.77. The van der Waals surface area contributed by atoms with Crippen LogP contribution >= 0.6 is 0 Å². The van der Waals surface area contributed by atoms with Crippen molar-refractivity contribution in [3.63, 3.8) is 0 Å². The number of nitrogens with zero attached hydrogens (tertiary/aromatic N) is 2. The third-order valence-electron chi connectivity index (χ3n) is 5.98. The number of rotatable bonds is 15. The first-order chi connectivity index (χ1) is 18.8. The van der Waals surface area contributed by atoms with E-state index >= 15 is 0 Å². The first kappa shape index (κ1) is 31.7. The van der Waals surface area contributed by atoms with E-state index in [1.54, 1.807) is 42.6 Å². The van der Waals surface area contributed by atoms with Crippen molar-refractivity contribution in [2.45, 2.75) is 59.2 Å². The van der Waals surface area contributed by atoms with E-state index in [1.807, 2.05) is 26.8 Å². The van der Waals surface area contributed by atoms with Gasteiger partial charge in [0.2, 0.25) is 0 Å². The van der Waals surface area contributed by atoms with Crippen LogP contribution in [0.3, 0.4) is 0 Å². The van der Waals surface area contributed by atoms with Crippen molar-refractivity contribution < 1.29 is 23.8 Å². The Morgan fingerprint density at radius 1 is 1.08 bits per heavy atom. The summed E-state index contributed by atoms with van der Waals surface area (Å²) in [7, 11) is 0. The van der Waals surface area contributed by atoms with Crippen LogP contribution in [0.1, 0.15) is 68.8 Å². The summed E-state index contributed by atoms with van der Waals surface area (Å²) in [6.45, 7) is 5.56. The molecule has 0 aliphatic heterocycles. The second kappa shape index (κ2) is 17.2. The average molecular weight is 540 g/mol. The summed E-state index contributed by atoms with van der Waals surface area (Å²) in [5.41, 5.74) is 3.85. The maximum absolute atomic E-state index is 13.4. The van der Waals surface area contributed by atoms with Gasteiger partial charge in [0.05, 0.1) is 11.4 Å². The van der Waals surface area contributed by atoms with Crippen LogP contribution in [-0.2, 0) is 0 Å². The molecule has 8 heteroatoms. The summed E-state index contributed by atoms with van der Waals surface area (Å²) < 4.78 is 26.0. The zero-order chi connectivity index (χ0) is 28.6.